The molecule has 0 bridgehead atoms. The summed E-state index contributed by atoms with van der Waals surface area (Å²) in [6.07, 6.45) is 0. The van der Waals surface area contributed by atoms with Crippen LogP contribution < -0.4 is 11.5 Å². The minimum atomic E-state index is -0.466. The molecule has 4 N–H and O–H groups in total. The van der Waals surface area contributed by atoms with Crippen molar-refractivity contribution in [3.05, 3.63) is 201 Å². The minimum Gasteiger partial charge on any atom is -0.397 e. The van der Waals surface area contributed by atoms with Crippen LogP contribution in [0.2, 0.25) is 0 Å². The van der Waals surface area contributed by atoms with Gasteiger partial charge in [0.1, 0.15) is 0 Å². The number of Topliss-reactive ketones (excluding diaryl/α,β-unsaturated/α-hetero) is 2. The highest BCUT2D eigenvalue weighted by molar-refractivity contribution is 6.49. The van der Waals surface area contributed by atoms with Crippen LogP contribution in [-0.2, 0) is 0 Å². The Morgan fingerprint density at radius 1 is 0.380 bits per heavy atom. The van der Waals surface area contributed by atoms with Gasteiger partial charge in [0.2, 0.25) is 11.6 Å². The number of carbonyl (C=O) groups is 4. The van der Waals surface area contributed by atoms with Crippen molar-refractivity contribution in [2.24, 2.45) is 0 Å². The van der Waals surface area contributed by atoms with E-state index < -0.39 is 11.6 Å². The quantitative estimate of drug-likeness (QED) is 0.100. The maximum atomic E-state index is 12.8. The first kappa shape index (κ1) is 36.4. The fourth-order valence-electron chi connectivity index (χ4n) is 5.25. The van der Waals surface area contributed by atoms with Crippen LogP contribution in [0.15, 0.2) is 146 Å². The summed E-state index contributed by atoms with van der Waals surface area (Å²) < 4.78 is 0. The van der Waals surface area contributed by atoms with Crippen LogP contribution in [0, 0.1) is 27.7 Å². The Hall–Kier alpha value is -6.40. The number of hydrogen-bond acceptors (Lipinski definition) is 6. The van der Waals surface area contributed by atoms with Gasteiger partial charge in [0.15, 0.2) is 11.6 Å². The van der Waals surface area contributed by atoms with Crippen LogP contribution in [0.5, 0.6) is 0 Å². The first-order valence-corrected chi connectivity index (χ1v) is 16.1. The molecular formula is C44H40N2O4. The molecule has 0 aliphatic rings. The number of aryl methyl sites for hydroxylation is 1. The van der Waals surface area contributed by atoms with E-state index in [0.717, 1.165) is 33.4 Å². The van der Waals surface area contributed by atoms with E-state index in [9.17, 15) is 19.2 Å². The fourth-order valence-corrected chi connectivity index (χ4v) is 5.25. The highest BCUT2D eigenvalue weighted by Gasteiger charge is 2.21. The number of benzene rings is 6. The van der Waals surface area contributed by atoms with Crippen molar-refractivity contribution in [2.45, 2.75) is 27.7 Å². The predicted octanol–water partition coefficient (Wildman–Crippen LogP) is 8.99. The molecule has 6 aromatic carbocycles. The molecule has 0 aliphatic heterocycles. The number of ketones is 4. The van der Waals surface area contributed by atoms with Crippen molar-refractivity contribution in [3.63, 3.8) is 0 Å². The summed E-state index contributed by atoms with van der Waals surface area (Å²) in [6, 6.07) is 43.3. The van der Waals surface area contributed by atoms with Crippen LogP contribution >= 0.6 is 0 Å². The van der Waals surface area contributed by atoms with Crippen molar-refractivity contribution in [1.29, 1.82) is 0 Å². The van der Waals surface area contributed by atoms with Gasteiger partial charge in [0.05, 0.1) is 16.9 Å². The molecule has 0 saturated heterocycles. The molecule has 250 valence electrons. The first-order valence-electron chi connectivity index (χ1n) is 16.1. The molecule has 6 aromatic rings. The molecule has 6 heteroatoms. The van der Waals surface area contributed by atoms with Crippen LogP contribution in [0.3, 0.4) is 0 Å². The summed E-state index contributed by atoms with van der Waals surface area (Å²) in [6.45, 7) is 7.73. The molecule has 0 amide bonds. The van der Waals surface area contributed by atoms with Gasteiger partial charge >= 0.3 is 0 Å². The number of anilines is 2. The SMILES string of the molecule is Cc1ccccc1C(=O)c1c(C)c(C)c(C)c(N)c1N.O=C(C(=O)c1ccccc1)c1ccccc1.O=C(c1ccccc1)c1ccccc1. The Labute approximate surface area is 293 Å². The molecule has 6 rings (SSSR count). The molecule has 0 aliphatic carbocycles. The smallest absolute Gasteiger partial charge is 0.233 e. The number of rotatable bonds is 7. The molecular weight excluding hydrogens is 620 g/mol. The van der Waals surface area contributed by atoms with Gasteiger partial charge in [-0.2, -0.15) is 0 Å². The molecule has 0 saturated carbocycles. The third-order valence-electron chi connectivity index (χ3n) is 8.43. The van der Waals surface area contributed by atoms with Crippen LogP contribution in [0.25, 0.3) is 0 Å². The predicted molar refractivity (Wildman–Crippen MR) is 202 cm³/mol. The van der Waals surface area contributed by atoms with Gasteiger partial charge < -0.3 is 11.5 Å². The Balaban J connectivity index is 0.000000171. The summed E-state index contributed by atoms with van der Waals surface area (Å²) >= 11 is 0. The van der Waals surface area contributed by atoms with Crippen molar-refractivity contribution in [1.82, 2.24) is 0 Å². The number of nitrogen functional groups attached to an aromatic ring is 2. The molecule has 0 unspecified atom stereocenters. The summed E-state index contributed by atoms with van der Waals surface area (Å²) in [7, 11) is 0. The molecule has 0 fully saturated rings. The Bertz CT molecular complexity index is 1990. The number of nitrogens with two attached hydrogens (primary N) is 2. The summed E-state index contributed by atoms with van der Waals surface area (Å²) in [5.41, 5.74) is 20.4. The van der Waals surface area contributed by atoms with Gasteiger partial charge in [-0.15, -0.1) is 0 Å². The number of carbonyl (C=O) groups excluding carboxylic acids is 4. The van der Waals surface area contributed by atoms with E-state index >= 15 is 0 Å². The maximum Gasteiger partial charge on any atom is 0.233 e. The molecule has 0 spiro atoms. The van der Waals surface area contributed by atoms with Gasteiger partial charge in [-0.3, -0.25) is 19.2 Å². The first-order chi connectivity index (χ1) is 24.0. The Morgan fingerprint density at radius 2 is 0.740 bits per heavy atom. The third-order valence-corrected chi connectivity index (χ3v) is 8.43. The lowest BCUT2D eigenvalue weighted by Crippen LogP contribution is -2.14. The zero-order valence-corrected chi connectivity index (χ0v) is 28.6. The molecule has 6 nitrogen and oxygen atoms in total. The van der Waals surface area contributed by atoms with E-state index in [0.29, 0.717) is 33.6 Å². The zero-order chi connectivity index (χ0) is 36.2. The lowest BCUT2D eigenvalue weighted by molar-refractivity contribution is 0.0817. The van der Waals surface area contributed by atoms with Crippen molar-refractivity contribution in [2.75, 3.05) is 11.5 Å². The topological polar surface area (TPSA) is 120 Å². The third kappa shape index (κ3) is 8.74. The highest BCUT2D eigenvalue weighted by Crippen LogP contribution is 2.33. The fraction of sp³-hybridized carbons (Fsp3) is 0.0909. The summed E-state index contributed by atoms with van der Waals surface area (Å²) in [5, 5.41) is 0. The van der Waals surface area contributed by atoms with Crippen molar-refractivity contribution < 1.29 is 19.2 Å². The van der Waals surface area contributed by atoms with Crippen molar-refractivity contribution >= 4 is 34.5 Å². The average Bonchev–Trinajstić information content (AvgIpc) is 3.17. The lowest BCUT2D eigenvalue weighted by Gasteiger charge is -2.17. The second kappa shape index (κ2) is 17.1. The van der Waals surface area contributed by atoms with E-state index in [4.69, 9.17) is 11.5 Å². The van der Waals surface area contributed by atoms with Gasteiger partial charge in [0.25, 0.3) is 0 Å². The second-order valence-corrected chi connectivity index (χ2v) is 11.7. The standard InChI is InChI=1S/C17H20N2O.C14H10O2.C13H10O/c1-9-7-5-6-8-13(9)17(20)14-11(3)10(2)12(4)15(18)16(14)19;15-13(11-7-3-1-4-8-11)14(16)12-9-5-2-6-10-12;14-13(11-7-3-1-4-8-11)12-9-5-2-6-10-12/h5-8H,18-19H2,1-4H3;1-10H;1-10H. The molecule has 0 heterocycles. The molecule has 0 atom stereocenters. The maximum absolute atomic E-state index is 12.8. The average molecular weight is 661 g/mol. The molecule has 0 aromatic heterocycles. The lowest BCUT2D eigenvalue weighted by atomic mass is 9.89. The van der Waals surface area contributed by atoms with E-state index in [2.05, 4.69) is 0 Å². The summed E-state index contributed by atoms with van der Waals surface area (Å²) in [4.78, 5) is 48.2. The van der Waals surface area contributed by atoms with E-state index in [1.807, 2.05) is 125 Å². The van der Waals surface area contributed by atoms with Gasteiger partial charge in [-0.1, -0.05) is 146 Å². The van der Waals surface area contributed by atoms with Crippen LogP contribution in [0.1, 0.15) is 74.8 Å². The highest BCUT2D eigenvalue weighted by atomic mass is 16.2. The van der Waals surface area contributed by atoms with Crippen molar-refractivity contribution in [3.8, 4) is 0 Å². The van der Waals surface area contributed by atoms with Gasteiger partial charge in [0, 0.05) is 27.8 Å². The van der Waals surface area contributed by atoms with Gasteiger partial charge in [-0.25, -0.2) is 0 Å². The molecule has 0 radical (unpaired) electrons. The minimum absolute atomic E-state index is 0.0621. The second-order valence-electron chi connectivity index (χ2n) is 11.7. The van der Waals surface area contributed by atoms with Crippen LogP contribution in [0.4, 0.5) is 11.4 Å². The van der Waals surface area contributed by atoms with Crippen LogP contribution in [-0.4, -0.2) is 23.1 Å². The largest absolute Gasteiger partial charge is 0.397 e. The monoisotopic (exact) mass is 660 g/mol. The summed E-state index contributed by atoms with van der Waals surface area (Å²) in [5.74, 6) is -0.919. The van der Waals surface area contributed by atoms with E-state index in [-0.39, 0.29) is 11.6 Å². The van der Waals surface area contributed by atoms with E-state index in [1.54, 1.807) is 48.5 Å². The normalized spacial score (nSPS) is 10.1. The molecule has 50 heavy (non-hydrogen) atoms. The zero-order valence-electron chi connectivity index (χ0n) is 28.6. The number of hydrogen-bond donors (Lipinski definition) is 2. The Morgan fingerprint density at radius 3 is 1.14 bits per heavy atom. The van der Waals surface area contributed by atoms with Gasteiger partial charge in [-0.05, 0) is 49.9 Å². The Kier molecular flexibility index (Phi) is 12.5. The van der Waals surface area contributed by atoms with E-state index in [1.165, 1.54) is 0 Å².